The maximum atomic E-state index is 5.49. The Morgan fingerprint density at radius 3 is 2.90 bits per heavy atom. The van der Waals surface area contributed by atoms with Gasteiger partial charge in [-0.15, -0.1) is 24.0 Å². The first-order valence-corrected chi connectivity index (χ1v) is 7.71. The van der Waals surface area contributed by atoms with Crippen LogP contribution in [-0.2, 0) is 6.54 Å². The van der Waals surface area contributed by atoms with Gasteiger partial charge in [0.1, 0.15) is 0 Å². The maximum absolute atomic E-state index is 5.49. The first-order valence-electron chi connectivity index (χ1n) is 6.32. The lowest BCUT2D eigenvalue weighted by Gasteiger charge is -2.13. The predicted molar refractivity (Wildman–Crippen MR) is 97.4 cm³/mol. The van der Waals surface area contributed by atoms with Gasteiger partial charge >= 0.3 is 0 Å². The highest BCUT2D eigenvalue weighted by molar-refractivity contribution is 14.0. The molecule has 0 spiro atoms. The zero-order valence-corrected chi connectivity index (χ0v) is 15.3. The van der Waals surface area contributed by atoms with Gasteiger partial charge in [-0.25, -0.2) is 4.98 Å². The van der Waals surface area contributed by atoms with Crippen LogP contribution >= 0.6 is 35.7 Å². The number of hydrogen-bond acceptors (Lipinski definition) is 4. The van der Waals surface area contributed by atoms with Crippen LogP contribution in [-0.4, -0.2) is 43.2 Å². The van der Waals surface area contributed by atoms with Crippen LogP contribution in [0.1, 0.15) is 12.5 Å². The monoisotopic (exact) mass is 410 g/mol. The molecule has 1 rings (SSSR count). The number of halogens is 1. The average Bonchev–Trinajstić information content (AvgIpc) is 2.44. The van der Waals surface area contributed by atoms with E-state index >= 15 is 0 Å². The van der Waals surface area contributed by atoms with Crippen molar-refractivity contribution in [1.82, 2.24) is 15.6 Å². The number of nitrogens with one attached hydrogen (secondary N) is 2. The third-order valence-corrected chi connectivity index (χ3v) is 3.01. The van der Waals surface area contributed by atoms with E-state index in [0.29, 0.717) is 19.0 Å². The Morgan fingerprint density at radius 1 is 1.45 bits per heavy atom. The number of thioether (sulfide) groups is 1. The van der Waals surface area contributed by atoms with Gasteiger partial charge in [-0.05, 0) is 19.2 Å². The number of pyridine rings is 1. The van der Waals surface area contributed by atoms with Crippen LogP contribution in [0.25, 0.3) is 0 Å². The first kappa shape index (κ1) is 19.3. The first-order chi connectivity index (χ1) is 9.31. The van der Waals surface area contributed by atoms with E-state index in [1.165, 1.54) is 0 Å². The fraction of sp³-hybridized carbons (Fsp3) is 0.538. The molecule has 0 aliphatic carbocycles. The van der Waals surface area contributed by atoms with E-state index in [9.17, 15) is 0 Å². The lowest BCUT2D eigenvalue weighted by molar-refractivity contribution is 0.322. The van der Waals surface area contributed by atoms with Gasteiger partial charge in [0.15, 0.2) is 5.96 Å². The second kappa shape index (κ2) is 12.1. The van der Waals surface area contributed by atoms with Crippen molar-refractivity contribution in [1.29, 1.82) is 0 Å². The number of guanidine groups is 1. The van der Waals surface area contributed by atoms with E-state index in [1.807, 2.05) is 19.1 Å². The summed E-state index contributed by atoms with van der Waals surface area (Å²) in [7, 11) is 1.76. The Balaban J connectivity index is 0.00000361. The Bertz CT molecular complexity index is 404. The fourth-order valence-electron chi connectivity index (χ4n) is 1.50. The van der Waals surface area contributed by atoms with Crippen molar-refractivity contribution in [3.05, 3.63) is 23.9 Å². The Hall–Kier alpha value is -0.700. The molecule has 0 aromatic carbocycles. The molecule has 0 fully saturated rings. The smallest absolute Gasteiger partial charge is 0.218 e. The third kappa shape index (κ3) is 7.18. The van der Waals surface area contributed by atoms with E-state index in [4.69, 9.17) is 4.74 Å². The SMILES string of the molecule is CCOc1ncccc1CNC(=NC)NCCSC.I. The molecule has 7 heteroatoms. The summed E-state index contributed by atoms with van der Waals surface area (Å²) >= 11 is 1.80. The van der Waals surface area contributed by atoms with Crippen molar-refractivity contribution in [3.63, 3.8) is 0 Å². The molecule has 0 amide bonds. The molecule has 0 radical (unpaired) electrons. The number of nitrogens with zero attached hydrogens (tertiary/aromatic N) is 2. The Morgan fingerprint density at radius 2 is 2.25 bits per heavy atom. The summed E-state index contributed by atoms with van der Waals surface area (Å²) in [5.74, 6) is 2.52. The van der Waals surface area contributed by atoms with Gasteiger partial charge in [0.2, 0.25) is 5.88 Å². The summed E-state index contributed by atoms with van der Waals surface area (Å²) in [5.41, 5.74) is 1.03. The summed E-state index contributed by atoms with van der Waals surface area (Å²) in [4.78, 5) is 8.40. The molecule has 0 aliphatic rings. The van der Waals surface area contributed by atoms with E-state index in [0.717, 1.165) is 23.8 Å². The van der Waals surface area contributed by atoms with E-state index in [1.54, 1.807) is 25.0 Å². The van der Waals surface area contributed by atoms with Crippen molar-refractivity contribution in [3.8, 4) is 5.88 Å². The van der Waals surface area contributed by atoms with Crippen LogP contribution in [0.2, 0.25) is 0 Å². The minimum absolute atomic E-state index is 0. The van der Waals surface area contributed by atoms with Crippen LogP contribution < -0.4 is 15.4 Å². The van der Waals surface area contributed by atoms with Crippen molar-refractivity contribution in [2.45, 2.75) is 13.5 Å². The summed E-state index contributed by atoms with van der Waals surface area (Å²) in [6.45, 7) is 4.10. The maximum Gasteiger partial charge on any atom is 0.218 e. The number of aromatic nitrogens is 1. The molecule has 5 nitrogen and oxygen atoms in total. The Kier molecular flexibility index (Phi) is 11.6. The highest BCUT2D eigenvalue weighted by atomic mass is 127. The minimum atomic E-state index is 0. The Labute approximate surface area is 142 Å². The van der Waals surface area contributed by atoms with E-state index in [-0.39, 0.29) is 24.0 Å². The largest absolute Gasteiger partial charge is 0.478 e. The highest BCUT2D eigenvalue weighted by Crippen LogP contribution is 2.13. The molecule has 1 heterocycles. The quantitative estimate of drug-likeness (QED) is 0.312. The van der Waals surface area contributed by atoms with Crippen LogP contribution in [0.4, 0.5) is 0 Å². The summed E-state index contributed by atoms with van der Waals surface area (Å²) in [6.07, 6.45) is 3.82. The molecule has 20 heavy (non-hydrogen) atoms. The summed E-state index contributed by atoms with van der Waals surface area (Å²) < 4.78 is 5.49. The van der Waals surface area contributed by atoms with Crippen LogP contribution in [0.5, 0.6) is 5.88 Å². The van der Waals surface area contributed by atoms with Crippen LogP contribution in [0.15, 0.2) is 23.3 Å². The fourth-order valence-corrected chi connectivity index (χ4v) is 1.80. The van der Waals surface area contributed by atoms with E-state index in [2.05, 4.69) is 26.9 Å². The number of ether oxygens (including phenoxy) is 1. The number of aliphatic imine (C=N–C) groups is 1. The molecule has 0 saturated heterocycles. The van der Waals surface area contributed by atoms with Gasteiger partial charge in [-0.2, -0.15) is 11.8 Å². The van der Waals surface area contributed by atoms with Gasteiger partial charge < -0.3 is 15.4 Å². The second-order valence-electron chi connectivity index (χ2n) is 3.75. The standard InChI is InChI=1S/C13H22N4OS.HI/c1-4-18-12-11(6-5-7-15-12)10-17-13(14-2)16-8-9-19-3;/h5-7H,4,8-10H2,1-3H3,(H2,14,16,17);1H. The predicted octanol–water partition coefficient (Wildman–Crippen LogP) is 2.13. The number of rotatable bonds is 7. The molecule has 0 aliphatic heterocycles. The summed E-state index contributed by atoms with van der Waals surface area (Å²) in [5, 5.41) is 6.50. The zero-order chi connectivity index (χ0) is 13.9. The average molecular weight is 410 g/mol. The van der Waals surface area contributed by atoms with Crippen LogP contribution in [0, 0.1) is 0 Å². The molecule has 0 atom stereocenters. The second-order valence-corrected chi connectivity index (χ2v) is 4.73. The van der Waals surface area contributed by atoms with E-state index < -0.39 is 0 Å². The van der Waals surface area contributed by atoms with Gasteiger partial charge in [0.05, 0.1) is 6.61 Å². The van der Waals surface area contributed by atoms with Crippen LogP contribution in [0.3, 0.4) is 0 Å². The lowest BCUT2D eigenvalue weighted by atomic mass is 10.2. The minimum Gasteiger partial charge on any atom is -0.478 e. The third-order valence-electron chi connectivity index (χ3n) is 2.40. The normalized spacial score (nSPS) is 10.7. The molecule has 1 aromatic heterocycles. The molecular formula is C13H23IN4OS. The summed E-state index contributed by atoms with van der Waals surface area (Å²) in [6, 6.07) is 3.91. The van der Waals surface area contributed by atoms with Gasteiger partial charge in [0.25, 0.3) is 0 Å². The van der Waals surface area contributed by atoms with Crippen molar-refractivity contribution < 1.29 is 4.74 Å². The molecule has 1 aromatic rings. The molecule has 0 saturated carbocycles. The van der Waals surface area contributed by atoms with Crippen molar-refractivity contribution in [2.24, 2.45) is 4.99 Å². The number of hydrogen-bond donors (Lipinski definition) is 2. The molecule has 0 bridgehead atoms. The topological polar surface area (TPSA) is 58.5 Å². The lowest BCUT2D eigenvalue weighted by Crippen LogP contribution is -2.38. The van der Waals surface area contributed by atoms with Gasteiger partial charge in [-0.1, -0.05) is 6.07 Å². The van der Waals surface area contributed by atoms with Gasteiger partial charge in [0, 0.05) is 37.7 Å². The molecule has 2 N–H and O–H groups in total. The molecular weight excluding hydrogens is 387 g/mol. The van der Waals surface area contributed by atoms with Gasteiger partial charge in [-0.3, -0.25) is 4.99 Å². The van der Waals surface area contributed by atoms with Crippen molar-refractivity contribution in [2.75, 3.05) is 32.2 Å². The molecule has 114 valence electrons. The van der Waals surface area contributed by atoms with Crippen molar-refractivity contribution >= 4 is 41.7 Å². The zero-order valence-electron chi connectivity index (χ0n) is 12.2. The highest BCUT2D eigenvalue weighted by Gasteiger charge is 2.04. The molecule has 0 unspecified atom stereocenters.